The van der Waals surface area contributed by atoms with E-state index in [0.717, 1.165) is 17.4 Å². The van der Waals surface area contributed by atoms with Crippen LogP contribution in [0.15, 0.2) is 0 Å². The molecule has 0 saturated carbocycles. The number of likely N-dealkylation sites (N-methyl/N-ethyl adjacent to an activating group) is 1. The number of quaternary nitrogens is 1. The van der Waals surface area contributed by atoms with Gasteiger partial charge >= 0.3 is 0 Å². The van der Waals surface area contributed by atoms with Gasteiger partial charge in [0, 0.05) is 0 Å². The van der Waals surface area contributed by atoms with Crippen LogP contribution in [0.5, 0.6) is 0 Å². The molecule has 74 valence electrons. The predicted octanol–water partition coefficient (Wildman–Crippen LogP) is 1.63. The van der Waals surface area contributed by atoms with Crippen LogP contribution < -0.4 is 0 Å². The maximum absolute atomic E-state index is 9.48. The SMILES string of the molecule is CCCC[N+](C)(C)CC(O)CC. The molecule has 0 aliphatic heterocycles. The molecule has 2 nitrogen and oxygen atoms in total. The zero-order chi connectivity index (χ0) is 9.61. The minimum Gasteiger partial charge on any atom is -0.387 e. The van der Waals surface area contributed by atoms with Crippen LogP contribution in [-0.2, 0) is 0 Å². The van der Waals surface area contributed by atoms with E-state index >= 15 is 0 Å². The zero-order valence-corrected chi connectivity index (χ0v) is 9.01. The summed E-state index contributed by atoms with van der Waals surface area (Å²) in [4.78, 5) is 0. The molecule has 1 N–H and O–H groups in total. The Morgan fingerprint density at radius 3 is 2.25 bits per heavy atom. The van der Waals surface area contributed by atoms with Gasteiger partial charge < -0.3 is 9.59 Å². The Bertz CT molecular complexity index is 112. The summed E-state index contributed by atoms with van der Waals surface area (Å²) in [6.07, 6.45) is 3.23. The van der Waals surface area contributed by atoms with Gasteiger partial charge in [0.15, 0.2) is 0 Å². The summed E-state index contributed by atoms with van der Waals surface area (Å²) in [7, 11) is 4.38. The van der Waals surface area contributed by atoms with Crippen LogP contribution in [0, 0.1) is 0 Å². The van der Waals surface area contributed by atoms with Crippen LogP contribution in [0.3, 0.4) is 0 Å². The Kier molecular flexibility index (Phi) is 5.51. The monoisotopic (exact) mass is 174 g/mol. The number of rotatable bonds is 6. The van der Waals surface area contributed by atoms with Crippen molar-refractivity contribution in [1.82, 2.24) is 0 Å². The molecule has 0 amide bonds. The molecule has 12 heavy (non-hydrogen) atoms. The number of aliphatic hydroxyl groups excluding tert-OH is 1. The number of unbranched alkanes of at least 4 members (excludes halogenated alkanes) is 1. The van der Waals surface area contributed by atoms with Gasteiger partial charge in [-0.2, -0.15) is 0 Å². The summed E-state index contributed by atoms with van der Waals surface area (Å²) >= 11 is 0. The highest BCUT2D eigenvalue weighted by Gasteiger charge is 2.18. The fourth-order valence-corrected chi connectivity index (χ4v) is 1.38. The van der Waals surface area contributed by atoms with E-state index in [2.05, 4.69) is 21.0 Å². The van der Waals surface area contributed by atoms with Crippen LogP contribution in [-0.4, -0.2) is 42.9 Å². The van der Waals surface area contributed by atoms with Gasteiger partial charge in [0.1, 0.15) is 12.6 Å². The summed E-state index contributed by atoms with van der Waals surface area (Å²) in [5.74, 6) is 0. The van der Waals surface area contributed by atoms with Crippen molar-refractivity contribution in [3.8, 4) is 0 Å². The first kappa shape index (κ1) is 11.9. The van der Waals surface area contributed by atoms with Crippen LogP contribution in [0.4, 0.5) is 0 Å². The van der Waals surface area contributed by atoms with E-state index in [1.807, 2.05) is 6.92 Å². The maximum Gasteiger partial charge on any atom is 0.105 e. The molecule has 0 aromatic carbocycles. The summed E-state index contributed by atoms with van der Waals surface area (Å²) < 4.78 is 0.947. The first-order valence-electron chi connectivity index (χ1n) is 5.02. The first-order chi connectivity index (χ1) is 5.52. The summed E-state index contributed by atoms with van der Waals surface area (Å²) in [6, 6.07) is 0. The minimum atomic E-state index is -0.128. The molecule has 0 aliphatic rings. The lowest BCUT2D eigenvalue weighted by molar-refractivity contribution is -0.893. The number of hydrogen-bond acceptors (Lipinski definition) is 1. The molecule has 0 bridgehead atoms. The van der Waals surface area contributed by atoms with Gasteiger partial charge in [-0.1, -0.05) is 20.3 Å². The Morgan fingerprint density at radius 2 is 1.83 bits per heavy atom. The van der Waals surface area contributed by atoms with Crippen LogP contribution >= 0.6 is 0 Å². The van der Waals surface area contributed by atoms with Gasteiger partial charge in [-0.05, 0) is 12.8 Å². The van der Waals surface area contributed by atoms with Gasteiger partial charge in [-0.25, -0.2) is 0 Å². The fourth-order valence-electron chi connectivity index (χ4n) is 1.38. The Morgan fingerprint density at radius 1 is 1.25 bits per heavy atom. The second kappa shape index (κ2) is 5.55. The van der Waals surface area contributed by atoms with Gasteiger partial charge in [0.05, 0.1) is 20.6 Å². The molecule has 0 heterocycles. The van der Waals surface area contributed by atoms with E-state index < -0.39 is 0 Å². The molecule has 0 rings (SSSR count). The van der Waals surface area contributed by atoms with Crippen molar-refractivity contribution in [2.24, 2.45) is 0 Å². The van der Waals surface area contributed by atoms with Gasteiger partial charge in [-0.15, -0.1) is 0 Å². The maximum atomic E-state index is 9.48. The predicted molar refractivity (Wildman–Crippen MR) is 53.0 cm³/mol. The molecular weight excluding hydrogens is 150 g/mol. The van der Waals surface area contributed by atoms with E-state index in [9.17, 15) is 5.11 Å². The van der Waals surface area contributed by atoms with E-state index in [0.29, 0.717) is 0 Å². The molecule has 0 radical (unpaired) electrons. The molecule has 2 heteroatoms. The lowest BCUT2D eigenvalue weighted by Gasteiger charge is -2.31. The van der Waals surface area contributed by atoms with Crippen molar-refractivity contribution in [1.29, 1.82) is 0 Å². The van der Waals surface area contributed by atoms with Gasteiger partial charge in [0.25, 0.3) is 0 Å². The Balaban J connectivity index is 3.69. The molecule has 0 saturated heterocycles. The average molecular weight is 174 g/mol. The van der Waals surface area contributed by atoms with E-state index in [1.165, 1.54) is 19.4 Å². The second-order valence-corrected chi connectivity index (χ2v) is 4.26. The normalized spacial score (nSPS) is 14.8. The third-order valence-electron chi connectivity index (χ3n) is 2.29. The molecule has 0 spiro atoms. The van der Waals surface area contributed by atoms with Crippen molar-refractivity contribution in [3.05, 3.63) is 0 Å². The standard InChI is InChI=1S/C10H24NO/c1-5-7-8-11(3,4)9-10(12)6-2/h10,12H,5-9H2,1-4H3/q+1. The van der Waals surface area contributed by atoms with E-state index in [1.54, 1.807) is 0 Å². The highest BCUT2D eigenvalue weighted by molar-refractivity contribution is 4.49. The quantitative estimate of drug-likeness (QED) is 0.607. The molecule has 0 aliphatic carbocycles. The molecular formula is C10H24NO+. The molecule has 1 unspecified atom stereocenters. The topological polar surface area (TPSA) is 20.2 Å². The molecule has 0 aromatic heterocycles. The van der Waals surface area contributed by atoms with Crippen molar-refractivity contribution >= 4 is 0 Å². The molecule has 0 aromatic rings. The highest BCUT2D eigenvalue weighted by atomic mass is 16.3. The minimum absolute atomic E-state index is 0.128. The van der Waals surface area contributed by atoms with Crippen LogP contribution in [0.25, 0.3) is 0 Å². The average Bonchev–Trinajstić information content (AvgIpc) is 2.00. The molecule has 0 fully saturated rings. The summed E-state index contributed by atoms with van der Waals surface area (Å²) in [5.41, 5.74) is 0. The van der Waals surface area contributed by atoms with Crippen LogP contribution in [0.2, 0.25) is 0 Å². The van der Waals surface area contributed by atoms with Crippen LogP contribution in [0.1, 0.15) is 33.1 Å². The largest absolute Gasteiger partial charge is 0.387 e. The Labute approximate surface area is 76.8 Å². The number of nitrogens with zero attached hydrogens (tertiary/aromatic N) is 1. The van der Waals surface area contributed by atoms with Gasteiger partial charge in [-0.3, -0.25) is 0 Å². The van der Waals surface area contributed by atoms with Crippen molar-refractivity contribution in [2.45, 2.75) is 39.2 Å². The second-order valence-electron chi connectivity index (χ2n) is 4.26. The zero-order valence-electron chi connectivity index (χ0n) is 9.01. The highest BCUT2D eigenvalue weighted by Crippen LogP contribution is 2.04. The van der Waals surface area contributed by atoms with Crippen molar-refractivity contribution in [3.63, 3.8) is 0 Å². The first-order valence-corrected chi connectivity index (χ1v) is 5.02. The summed E-state index contributed by atoms with van der Waals surface area (Å²) in [6.45, 7) is 6.30. The van der Waals surface area contributed by atoms with Crippen molar-refractivity contribution in [2.75, 3.05) is 27.2 Å². The lowest BCUT2D eigenvalue weighted by Crippen LogP contribution is -2.45. The molecule has 1 atom stereocenters. The lowest BCUT2D eigenvalue weighted by atomic mass is 10.2. The number of hydrogen-bond donors (Lipinski definition) is 1. The summed E-state index contributed by atoms with van der Waals surface area (Å²) in [5, 5.41) is 9.48. The van der Waals surface area contributed by atoms with E-state index in [4.69, 9.17) is 0 Å². The van der Waals surface area contributed by atoms with Crippen molar-refractivity contribution < 1.29 is 9.59 Å². The smallest absolute Gasteiger partial charge is 0.105 e. The third-order valence-corrected chi connectivity index (χ3v) is 2.29. The Hall–Kier alpha value is -0.0800. The fraction of sp³-hybridized carbons (Fsp3) is 1.00. The number of aliphatic hydroxyl groups is 1. The van der Waals surface area contributed by atoms with E-state index in [-0.39, 0.29) is 6.10 Å². The van der Waals surface area contributed by atoms with Gasteiger partial charge in [0.2, 0.25) is 0 Å². The third kappa shape index (κ3) is 5.56.